The van der Waals surface area contributed by atoms with Gasteiger partial charge in [0.25, 0.3) is 11.6 Å². The fourth-order valence-corrected chi connectivity index (χ4v) is 3.51. The van der Waals surface area contributed by atoms with Gasteiger partial charge in [-0.25, -0.2) is 9.38 Å². The van der Waals surface area contributed by atoms with Crippen LogP contribution in [0.25, 0.3) is 6.08 Å². The molecule has 1 aliphatic rings. The molecule has 0 aromatic heterocycles. The summed E-state index contributed by atoms with van der Waals surface area (Å²) >= 11 is 1.06. The average Bonchev–Trinajstić information content (AvgIpc) is 2.91. The molecule has 1 amide bonds. The third-order valence-corrected chi connectivity index (χ3v) is 4.76. The first-order valence-electron chi connectivity index (χ1n) is 7.92. The number of benzene rings is 2. The number of aliphatic imine (C=N–C) groups is 1. The molecular weight excluding hydrogens is 373 g/mol. The molecule has 1 N–H and O–H groups in total. The van der Waals surface area contributed by atoms with Crippen LogP contribution in [0, 0.1) is 15.9 Å². The Kier molecular flexibility index (Phi) is 5.22. The number of nitro groups is 1. The molecule has 0 atom stereocenters. The molecule has 9 heteroatoms. The predicted molar refractivity (Wildman–Crippen MR) is 101 cm³/mol. The second-order valence-corrected chi connectivity index (χ2v) is 6.54. The van der Waals surface area contributed by atoms with Crippen LogP contribution in [0.1, 0.15) is 12.5 Å². The Labute approximate surface area is 158 Å². The molecule has 1 saturated heterocycles. The molecule has 0 aliphatic carbocycles. The maximum atomic E-state index is 13.0. The summed E-state index contributed by atoms with van der Waals surface area (Å²) in [5.41, 5.74) is 0.380. The van der Waals surface area contributed by atoms with Crippen molar-refractivity contribution in [1.82, 2.24) is 4.90 Å². The van der Waals surface area contributed by atoms with Crippen molar-refractivity contribution in [3.05, 3.63) is 68.9 Å². The first kappa shape index (κ1) is 18.6. The van der Waals surface area contributed by atoms with Crippen molar-refractivity contribution in [3.8, 4) is 5.75 Å². The van der Waals surface area contributed by atoms with Crippen LogP contribution in [0.4, 0.5) is 15.8 Å². The van der Waals surface area contributed by atoms with Crippen LogP contribution in [0.3, 0.4) is 0 Å². The fraction of sp³-hybridized carbons (Fsp3) is 0.111. The summed E-state index contributed by atoms with van der Waals surface area (Å²) in [6.45, 7) is 2.13. The van der Waals surface area contributed by atoms with Gasteiger partial charge < -0.3 is 5.11 Å². The number of amidine groups is 1. The smallest absolute Gasteiger partial charge is 0.276 e. The van der Waals surface area contributed by atoms with Crippen molar-refractivity contribution < 1.29 is 19.2 Å². The molecule has 0 radical (unpaired) electrons. The molecule has 0 spiro atoms. The Hall–Kier alpha value is -3.20. The van der Waals surface area contributed by atoms with Crippen LogP contribution < -0.4 is 0 Å². The quantitative estimate of drug-likeness (QED) is 0.485. The lowest BCUT2D eigenvalue weighted by Gasteiger charge is -2.11. The number of likely N-dealkylation sites (N-methyl/N-ethyl adjacent to an activating group) is 1. The van der Waals surface area contributed by atoms with Crippen molar-refractivity contribution in [3.63, 3.8) is 0 Å². The van der Waals surface area contributed by atoms with Crippen molar-refractivity contribution in [2.24, 2.45) is 4.99 Å². The molecular formula is C18H14FN3O4S. The van der Waals surface area contributed by atoms with Gasteiger partial charge in [-0.3, -0.25) is 19.8 Å². The van der Waals surface area contributed by atoms with Crippen LogP contribution in [0.5, 0.6) is 5.75 Å². The Morgan fingerprint density at radius 3 is 2.63 bits per heavy atom. The van der Waals surface area contributed by atoms with Crippen molar-refractivity contribution >= 4 is 40.3 Å². The van der Waals surface area contributed by atoms with Gasteiger partial charge in [0.2, 0.25) is 0 Å². The largest absolute Gasteiger partial charge is 0.508 e. The van der Waals surface area contributed by atoms with Gasteiger partial charge in [0.1, 0.15) is 11.6 Å². The highest BCUT2D eigenvalue weighted by Crippen LogP contribution is 2.36. The summed E-state index contributed by atoms with van der Waals surface area (Å²) in [7, 11) is 0. The van der Waals surface area contributed by atoms with E-state index in [-0.39, 0.29) is 27.8 Å². The molecule has 2 aromatic rings. The van der Waals surface area contributed by atoms with E-state index >= 15 is 0 Å². The zero-order valence-electron chi connectivity index (χ0n) is 14.1. The minimum absolute atomic E-state index is 0.120. The highest BCUT2D eigenvalue weighted by atomic mass is 32.2. The summed E-state index contributed by atoms with van der Waals surface area (Å²) < 4.78 is 13.0. The van der Waals surface area contributed by atoms with Gasteiger partial charge >= 0.3 is 0 Å². The lowest BCUT2D eigenvalue weighted by atomic mass is 10.1. The molecule has 0 unspecified atom stereocenters. The number of rotatable bonds is 4. The third-order valence-electron chi connectivity index (χ3n) is 3.75. The average molecular weight is 387 g/mol. The van der Waals surface area contributed by atoms with E-state index in [1.165, 1.54) is 53.4 Å². The number of hydrogen-bond acceptors (Lipinski definition) is 6. The number of thioether (sulfide) groups is 1. The Morgan fingerprint density at radius 2 is 2.00 bits per heavy atom. The van der Waals surface area contributed by atoms with E-state index in [0.717, 1.165) is 11.8 Å². The number of carbonyl (C=O) groups is 1. The molecule has 3 rings (SSSR count). The molecule has 2 aromatic carbocycles. The van der Waals surface area contributed by atoms with Crippen molar-refractivity contribution in [1.29, 1.82) is 0 Å². The number of halogens is 1. The number of aromatic hydroxyl groups is 1. The molecule has 27 heavy (non-hydrogen) atoms. The highest BCUT2D eigenvalue weighted by Gasteiger charge is 2.32. The van der Waals surface area contributed by atoms with E-state index in [4.69, 9.17) is 0 Å². The van der Waals surface area contributed by atoms with Gasteiger partial charge in [0.15, 0.2) is 5.17 Å². The number of amides is 1. The molecule has 1 fully saturated rings. The van der Waals surface area contributed by atoms with E-state index in [1.54, 1.807) is 6.92 Å². The zero-order chi connectivity index (χ0) is 19.6. The maximum absolute atomic E-state index is 13.0. The highest BCUT2D eigenvalue weighted by molar-refractivity contribution is 8.18. The SMILES string of the molecule is CCN1C(=O)/C(=C\c2cc(O)ccc2[N+](=O)[O-])SC1=Nc1ccc(F)cc1. The van der Waals surface area contributed by atoms with E-state index in [9.17, 15) is 24.4 Å². The molecule has 1 heterocycles. The summed E-state index contributed by atoms with van der Waals surface area (Å²) in [5, 5.41) is 21.2. The Bertz CT molecular complexity index is 973. The predicted octanol–water partition coefficient (Wildman–Crippen LogP) is 4.06. The van der Waals surface area contributed by atoms with Crippen LogP contribution >= 0.6 is 11.8 Å². The lowest BCUT2D eigenvalue weighted by molar-refractivity contribution is -0.385. The number of phenolic OH excluding ortho intramolecular Hbond substituents is 1. The third kappa shape index (κ3) is 3.98. The number of phenols is 1. The van der Waals surface area contributed by atoms with Crippen LogP contribution in [0.2, 0.25) is 0 Å². The van der Waals surface area contributed by atoms with Gasteiger partial charge in [-0.2, -0.15) is 0 Å². The van der Waals surface area contributed by atoms with Gasteiger partial charge in [-0.15, -0.1) is 0 Å². The second-order valence-electron chi connectivity index (χ2n) is 5.53. The summed E-state index contributed by atoms with van der Waals surface area (Å²) in [4.78, 5) is 29.3. The summed E-state index contributed by atoms with van der Waals surface area (Å²) in [6.07, 6.45) is 1.36. The number of hydrogen-bond donors (Lipinski definition) is 1. The zero-order valence-corrected chi connectivity index (χ0v) is 14.9. The molecule has 7 nitrogen and oxygen atoms in total. The maximum Gasteiger partial charge on any atom is 0.276 e. The number of carbonyl (C=O) groups excluding carboxylic acids is 1. The van der Waals surface area contributed by atoms with Gasteiger partial charge in [-0.1, -0.05) is 0 Å². The van der Waals surface area contributed by atoms with Gasteiger partial charge in [-0.05, 0) is 61.2 Å². The first-order valence-corrected chi connectivity index (χ1v) is 8.73. The number of nitro benzene ring substituents is 1. The molecule has 1 aliphatic heterocycles. The second kappa shape index (κ2) is 7.58. The van der Waals surface area contributed by atoms with E-state index in [0.29, 0.717) is 17.4 Å². The first-order chi connectivity index (χ1) is 12.9. The van der Waals surface area contributed by atoms with Gasteiger partial charge in [0.05, 0.1) is 21.1 Å². The minimum Gasteiger partial charge on any atom is -0.508 e. The standard InChI is InChI=1S/C18H14FN3O4S/c1-2-21-17(24)16(10-11-9-14(23)7-8-15(11)22(25)26)27-18(21)20-13-5-3-12(19)4-6-13/h3-10,23H,2H2,1H3/b16-10+,20-18?. The van der Waals surface area contributed by atoms with E-state index < -0.39 is 10.7 Å². The van der Waals surface area contributed by atoms with Crippen LogP contribution in [-0.2, 0) is 4.79 Å². The van der Waals surface area contributed by atoms with Gasteiger partial charge in [0, 0.05) is 12.6 Å². The monoisotopic (exact) mass is 387 g/mol. The fourth-order valence-electron chi connectivity index (χ4n) is 2.46. The normalized spacial score (nSPS) is 17.1. The minimum atomic E-state index is -0.582. The lowest BCUT2D eigenvalue weighted by Crippen LogP contribution is -2.28. The topological polar surface area (TPSA) is 96.0 Å². The molecule has 0 bridgehead atoms. The van der Waals surface area contributed by atoms with Crippen molar-refractivity contribution in [2.45, 2.75) is 6.92 Å². The summed E-state index contributed by atoms with van der Waals surface area (Å²) in [6, 6.07) is 9.13. The molecule has 138 valence electrons. The van der Waals surface area contributed by atoms with Crippen molar-refractivity contribution in [2.75, 3.05) is 6.54 Å². The summed E-state index contributed by atoms with van der Waals surface area (Å²) in [5.74, 6) is -0.880. The molecule has 0 saturated carbocycles. The van der Waals surface area contributed by atoms with E-state index in [2.05, 4.69) is 4.99 Å². The van der Waals surface area contributed by atoms with Crippen LogP contribution in [0.15, 0.2) is 52.4 Å². The number of nitrogens with zero attached hydrogens (tertiary/aromatic N) is 3. The van der Waals surface area contributed by atoms with E-state index in [1.807, 2.05) is 0 Å². The Balaban J connectivity index is 2.00. The van der Waals surface area contributed by atoms with Crippen LogP contribution in [-0.4, -0.2) is 32.5 Å². The Morgan fingerprint density at radius 1 is 1.30 bits per heavy atom.